The lowest BCUT2D eigenvalue weighted by molar-refractivity contribution is 0.291. The molecule has 22 heavy (non-hydrogen) atoms. The predicted molar refractivity (Wildman–Crippen MR) is 90.8 cm³/mol. The zero-order valence-electron chi connectivity index (χ0n) is 12.6. The molecule has 7 heteroatoms. The molecule has 0 aliphatic rings. The maximum Gasteiger partial charge on any atom is 0.210 e. The Morgan fingerprint density at radius 1 is 1.36 bits per heavy atom. The number of ether oxygens (including phenoxy) is 1. The molecule has 0 radical (unpaired) electrons. The predicted octanol–water partition coefficient (Wildman–Crippen LogP) is 3.54. The largest absolute Gasteiger partial charge is 0.486 e. The fraction of sp³-hybridized carbons (Fsp3) is 0.333. The van der Waals surface area contributed by atoms with Gasteiger partial charge in [0.25, 0.3) is 0 Å². The van der Waals surface area contributed by atoms with E-state index in [4.69, 9.17) is 22.2 Å². The zero-order valence-corrected chi connectivity index (χ0v) is 14.2. The summed E-state index contributed by atoms with van der Waals surface area (Å²) in [6.45, 7) is 8.19. The van der Waals surface area contributed by atoms with Crippen LogP contribution in [-0.4, -0.2) is 20.6 Å². The van der Waals surface area contributed by atoms with E-state index >= 15 is 0 Å². The molecule has 0 spiro atoms. The van der Waals surface area contributed by atoms with Crippen molar-refractivity contribution >= 4 is 23.4 Å². The van der Waals surface area contributed by atoms with Gasteiger partial charge in [0.05, 0.1) is 0 Å². The Kier molecular flexibility index (Phi) is 5.74. The van der Waals surface area contributed by atoms with Gasteiger partial charge in [-0.25, -0.2) is 4.68 Å². The molecule has 118 valence electrons. The van der Waals surface area contributed by atoms with Crippen LogP contribution in [0.15, 0.2) is 41.0 Å². The third-order valence-electron chi connectivity index (χ3n) is 3.01. The van der Waals surface area contributed by atoms with Crippen molar-refractivity contribution in [3.63, 3.8) is 0 Å². The van der Waals surface area contributed by atoms with E-state index in [1.807, 2.05) is 12.1 Å². The number of thioether (sulfide) groups is 1. The minimum atomic E-state index is 0.257. The number of hydrogen-bond acceptors (Lipinski definition) is 5. The number of rotatable bonds is 7. The van der Waals surface area contributed by atoms with Crippen LogP contribution >= 0.6 is 23.4 Å². The lowest BCUT2D eigenvalue weighted by Gasteiger charge is -2.08. The Bertz CT molecular complexity index is 639. The molecule has 0 bridgehead atoms. The molecule has 0 unspecified atom stereocenters. The molecule has 0 saturated heterocycles. The Hall–Kier alpha value is -1.66. The lowest BCUT2D eigenvalue weighted by atomic mass is 10.0. The van der Waals surface area contributed by atoms with Crippen molar-refractivity contribution in [2.75, 3.05) is 11.6 Å². The van der Waals surface area contributed by atoms with Crippen LogP contribution in [0.5, 0.6) is 5.75 Å². The van der Waals surface area contributed by atoms with Crippen LogP contribution in [0, 0.1) is 0 Å². The van der Waals surface area contributed by atoms with Gasteiger partial charge < -0.3 is 10.6 Å². The highest BCUT2D eigenvalue weighted by Gasteiger charge is 2.11. The van der Waals surface area contributed by atoms with E-state index in [1.54, 1.807) is 0 Å². The summed E-state index contributed by atoms with van der Waals surface area (Å²) in [6, 6.07) is 8.00. The molecule has 1 aromatic heterocycles. The van der Waals surface area contributed by atoms with Crippen LogP contribution in [0.1, 0.15) is 31.2 Å². The zero-order chi connectivity index (χ0) is 16.1. The van der Waals surface area contributed by atoms with Gasteiger partial charge in [0, 0.05) is 10.8 Å². The number of benzene rings is 1. The van der Waals surface area contributed by atoms with E-state index in [0.717, 1.165) is 5.75 Å². The highest BCUT2D eigenvalue weighted by Crippen LogP contribution is 2.21. The molecular formula is C15H19ClN4OS. The third-order valence-corrected chi connectivity index (χ3v) is 4.33. The van der Waals surface area contributed by atoms with Crippen molar-refractivity contribution in [1.82, 2.24) is 14.9 Å². The molecule has 5 nitrogen and oxygen atoms in total. The van der Waals surface area contributed by atoms with Crippen LogP contribution in [0.3, 0.4) is 0 Å². The number of hydrogen-bond donors (Lipinski definition) is 1. The third kappa shape index (κ3) is 4.42. The number of nitrogens with two attached hydrogens (primary N) is 1. The first-order chi connectivity index (χ1) is 10.5. The van der Waals surface area contributed by atoms with Crippen LogP contribution in [0.2, 0.25) is 0 Å². The van der Waals surface area contributed by atoms with Crippen molar-refractivity contribution in [1.29, 1.82) is 0 Å². The van der Waals surface area contributed by atoms with Gasteiger partial charge in [0.15, 0.2) is 5.82 Å². The molecule has 1 aromatic carbocycles. The molecule has 0 aliphatic heterocycles. The van der Waals surface area contributed by atoms with Gasteiger partial charge in [0.1, 0.15) is 12.4 Å². The topological polar surface area (TPSA) is 66.0 Å². The standard InChI is InChI=1S/C15H19ClN4OS/c1-10(2)12-4-6-13(7-5-12)21-8-14-18-19-15(20(14)17)22-9-11(3)16/h4-7,10H,3,8-9,17H2,1-2H3. The molecule has 0 aliphatic carbocycles. The van der Waals surface area contributed by atoms with Gasteiger partial charge in [-0.15, -0.1) is 10.2 Å². The fourth-order valence-corrected chi connectivity index (χ4v) is 2.54. The van der Waals surface area contributed by atoms with Gasteiger partial charge in [-0.1, -0.05) is 55.9 Å². The van der Waals surface area contributed by atoms with Gasteiger partial charge in [-0.2, -0.15) is 0 Å². The van der Waals surface area contributed by atoms with Crippen LogP contribution in [0.25, 0.3) is 0 Å². The van der Waals surface area contributed by atoms with E-state index in [-0.39, 0.29) is 6.61 Å². The smallest absolute Gasteiger partial charge is 0.210 e. The summed E-state index contributed by atoms with van der Waals surface area (Å²) in [6.07, 6.45) is 0. The van der Waals surface area contributed by atoms with Crippen LogP contribution < -0.4 is 10.6 Å². The maximum atomic E-state index is 5.94. The maximum absolute atomic E-state index is 5.94. The summed E-state index contributed by atoms with van der Waals surface area (Å²) in [7, 11) is 0. The van der Waals surface area contributed by atoms with Crippen molar-refractivity contribution < 1.29 is 4.74 Å². The second-order valence-electron chi connectivity index (χ2n) is 5.09. The van der Waals surface area contributed by atoms with E-state index in [1.165, 1.54) is 22.0 Å². The molecule has 0 saturated carbocycles. The van der Waals surface area contributed by atoms with E-state index in [0.29, 0.717) is 27.7 Å². The summed E-state index contributed by atoms with van der Waals surface area (Å²) in [5.74, 6) is 8.29. The summed E-state index contributed by atoms with van der Waals surface area (Å²) < 4.78 is 7.10. The number of halogens is 1. The Morgan fingerprint density at radius 3 is 2.64 bits per heavy atom. The quantitative estimate of drug-likeness (QED) is 0.618. The number of nitrogen functional groups attached to an aromatic ring is 1. The second-order valence-corrected chi connectivity index (χ2v) is 6.56. The first-order valence-electron chi connectivity index (χ1n) is 6.85. The minimum absolute atomic E-state index is 0.257. The molecular weight excluding hydrogens is 320 g/mol. The summed E-state index contributed by atoms with van der Waals surface area (Å²) >= 11 is 7.10. The Balaban J connectivity index is 1.95. The van der Waals surface area contributed by atoms with Crippen LogP contribution in [-0.2, 0) is 6.61 Å². The second kappa shape index (κ2) is 7.56. The monoisotopic (exact) mass is 338 g/mol. The number of aromatic nitrogens is 3. The fourth-order valence-electron chi connectivity index (χ4n) is 1.74. The molecule has 0 amide bonds. The van der Waals surface area contributed by atoms with Crippen molar-refractivity contribution in [2.24, 2.45) is 0 Å². The van der Waals surface area contributed by atoms with Crippen molar-refractivity contribution in [2.45, 2.75) is 31.5 Å². The first kappa shape index (κ1) is 16.7. The van der Waals surface area contributed by atoms with Gasteiger partial charge in [-0.05, 0) is 23.6 Å². The molecule has 0 fully saturated rings. The number of nitrogens with zero attached hydrogens (tertiary/aromatic N) is 3. The van der Waals surface area contributed by atoms with E-state index < -0.39 is 0 Å². The van der Waals surface area contributed by atoms with Crippen LogP contribution in [0.4, 0.5) is 0 Å². The molecule has 2 N–H and O–H groups in total. The summed E-state index contributed by atoms with van der Waals surface area (Å²) in [4.78, 5) is 0. The minimum Gasteiger partial charge on any atom is -0.486 e. The van der Waals surface area contributed by atoms with E-state index in [2.05, 4.69) is 42.8 Å². The Morgan fingerprint density at radius 2 is 2.05 bits per heavy atom. The van der Waals surface area contributed by atoms with Gasteiger partial charge in [0.2, 0.25) is 5.16 Å². The van der Waals surface area contributed by atoms with Crippen molar-refractivity contribution in [3.05, 3.63) is 47.3 Å². The molecule has 2 rings (SSSR count). The average molecular weight is 339 g/mol. The highest BCUT2D eigenvalue weighted by molar-refractivity contribution is 7.99. The van der Waals surface area contributed by atoms with Gasteiger partial charge >= 0.3 is 0 Å². The molecule has 2 aromatic rings. The summed E-state index contributed by atoms with van der Waals surface area (Å²) in [5, 5.41) is 9.15. The molecule has 1 heterocycles. The molecule has 0 atom stereocenters. The average Bonchev–Trinajstić information content (AvgIpc) is 2.84. The van der Waals surface area contributed by atoms with Gasteiger partial charge in [-0.3, -0.25) is 0 Å². The van der Waals surface area contributed by atoms with E-state index in [9.17, 15) is 0 Å². The lowest BCUT2D eigenvalue weighted by Crippen LogP contribution is -2.15. The normalized spacial score (nSPS) is 10.9. The first-order valence-corrected chi connectivity index (χ1v) is 8.22. The SMILES string of the molecule is C=C(Cl)CSc1nnc(COc2ccc(C(C)C)cc2)n1N. The Labute approximate surface area is 139 Å². The highest BCUT2D eigenvalue weighted by atomic mass is 35.5. The summed E-state index contributed by atoms with van der Waals surface area (Å²) in [5.41, 5.74) is 1.27. The van der Waals surface area contributed by atoms with Crippen molar-refractivity contribution in [3.8, 4) is 5.75 Å².